The van der Waals surface area contributed by atoms with Crippen molar-refractivity contribution in [1.82, 2.24) is 0 Å². The number of carbonyl (C=O) groups is 1. The van der Waals surface area contributed by atoms with Crippen molar-refractivity contribution in [3.8, 4) is 0 Å². The Kier molecular flexibility index (Phi) is 5.94. The number of hydrogen-bond acceptors (Lipinski definition) is 3. The first kappa shape index (κ1) is 24.8. The van der Waals surface area contributed by atoms with Crippen molar-refractivity contribution >= 4 is 22.9 Å². The number of ether oxygens (including phenoxy) is 1. The van der Waals surface area contributed by atoms with E-state index in [1.54, 1.807) is 7.11 Å². The van der Waals surface area contributed by atoms with E-state index in [1.807, 2.05) is 24.3 Å². The fourth-order valence-electron chi connectivity index (χ4n) is 6.04. The van der Waals surface area contributed by atoms with Gasteiger partial charge in [-0.3, -0.25) is 4.79 Å². The van der Waals surface area contributed by atoms with Gasteiger partial charge in [0, 0.05) is 41.1 Å². The van der Waals surface area contributed by atoms with Crippen LogP contribution in [0.25, 0.3) is 0 Å². The third kappa shape index (κ3) is 3.58. The summed E-state index contributed by atoms with van der Waals surface area (Å²) in [4.78, 5) is 15.9. The van der Waals surface area contributed by atoms with E-state index in [2.05, 4.69) is 98.9 Å². The lowest BCUT2D eigenvalue weighted by molar-refractivity contribution is -0.425. The summed E-state index contributed by atoms with van der Waals surface area (Å²) in [5, 5.41) is 0. The van der Waals surface area contributed by atoms with Gasteiger partial charge in [-0.05, 0) is 37.6 Å². The van der Waals surface area contributed by atoms with Crippen LogP contribution in [-0.4, -0.2) is 36.3 Å². The minimum absolute atomic E-state index is 0.00692. The SMILES string of the molecule is C=CCN1/C(=C/C2=C(OC)C(=C\C3=[N+](CC=C)c4ccccc4C3(C)C)/C2=O)C(C)(C)c2ccccc21. The number of Topliss-reactive ketones (excluding diaryl/α,β-unsaturated/α-hetero) is 1. The highest BCUT2D eigenvalue weighted by Gasteiger charge is 2.47. The predicted molar refractivity (Wildman–Crippen MR) is 152 cm³/mol. The molecule has 5 rings (SSSR count). The summed E-state index contributed by atoms with van der Waals surface area (Å²) in [6.07, 6.45) is 7.83. The summed E-state index contributed by atoms with van der Waals surface area (Å²) >= 11 is 0. The summed E-state index contributed by atoms with van der Waals surface area (Å²) in [6.45, 7) is 18.1. The molecule has 0 N–H and O–H groups in total. The molecular weight excluding hydrogens is 456 g/mol. The summed E-state index contributed by atoms with van der Waals surface area (Å²) in [5.74, 6) is 0.646. The van der Waals surface area contributed by atoms with Crippen LogP contribution >= 0.6 is 0 Å². The molecular formula is C33H35N2O2+. The third-order valence-corrected chi connectivity index (χ3v) is 7.97. The predicted octanol–water partition coefficient (Wildman–Crippen LogP) is 6.53. The molecule has 0 fully saturated rings. The average Bonchev–Trinajstić information content (AvgIpc) is 3.23. The number of anilines is 1. The highest BCUT2D eigenvalue weighted by atomic mass is 16.5. The molecule has 37 heavy (non-hydrogen) atoms. The normalized spacial score (nSPS) is 21.3. The molecule has 0 amide bonds. The molecule has 3 aliphatic rings. The minimum Gasteiger partial charge on any atom is -0.495 e. The van der Waals surface area contributed by atoms with Gasteiger partial charge in [0.25, 0.3) is 0 Å². The number of hydrogen-bond donors (Lipinski definition) is 0. The van der Waals surface area contributed by atoms with Crippen LogP contribution in [0.1, 0.15) is 38.8 Å². The molecule has 0 aromatic heterocycles. The van der Waals surface area contributed by atoms with Crippen molar-refractivity contribution in [3.63, 3.8) is 0 Å². The second kappa shape index (κ2) is 8.88. The molecule has 188 valence electrons. The summed E-state index contributed by atoms with van der Waals surface area (Å²) in [7, 11) is 1.64. The van der Waals surface area contributed by atoms with Crippen molar-refractivity contribution in [1.29, 1.82) is 0 Å². The van der Waals surface area contributed by atoms with Gasteiger partial charge < -0.3 is 9.64 Å². The fourth-order valence-corrected chi connectivity index (χ4v) is 6.04. The monoisotopic (exact) mass is 491 g/mol. The maximum atomic E-state index is 13.7. The van der Waals surface area contributed by atoms with Gasteiger partial charge in [-0.1, -0.05) is 62.9 Å². The molecule has 2 heterocycles. The van der Waals surface area contributed by atoms with Crippen molar-refractivity contribution in [2.45, 2.75) is 38.5 Å². The number of allylic oxidation sites excluding steroid dienone is 5. The van der Waals surface area contributed by atoms with Crippen molar-refractivity contribution in [2.24, 2.45) is 0 Å². The lowest BCUT2D eigenvalue weighted by Crippen LogP contribution is -2.32. The van der Waals surface area contributed by atoms with Gasteiger partial charge in [-0.25, -0.2) is 0 Å². The van der Waals surface area contributed by atoms with Gasteiger partial charge >= 0.3 is 0 Å². The number of para-hydroxylation sites is 2. The quantitative estimate of drug-likeness (QED) is 0.251. The number of ketones is 1. The van der Waals surface area contributed by atoms with Crippen LogP contribution in [0.15, 0.2) is 109 Å². The molecule has 0 saturated carbocycles. The van der Waals surface area contributed by atoms with Crippen molar-refractivity contribution < 1.29 is 14.1 Å². The molecule has 4 heteroatoms. The molecule has 4 nitrogen and oxygen atoms in total. The van der Waals surface area contributed by atoms with Crippen molar-refractivity contribution in [2.75, 3.05) is 25.1 Å². The molecule has 0 atom stereocenters. The molecule has 0 spiro atoms. The zero-order valence-corrected chi connectivity index (χ0v) is 22.5. The van der Waals surface area contributed by atoms with Gasteiger partial charge in [0.2, 0.25) is 11.5 Å². The van der Waals surface area contributed by atoms with Gasteiger partial charge in [-0.15, -0.1) is 6.58 Å². The van der Waals surface area contributed by atoms with Crippen LogP contribution in [-0.2, 0) is 20.4 Å². The molecule has 0 unspecified atom stereocenters. The maximum Gasteiger partial charge on any atom is 0.210 e. The Bertz CT molecular complexity index is 1460. The van der Waals surface area contributed by atoms with E-state index >= 15 is 0 Å². The number of carbonyl (C=O) groups excluding carboxylic acids is 1. The molecule has 1 aliphatic carbocycles. The summed E-state index contributed by atoms with van der Waals surface area (Å²) in [6, 6.07) is 16.8. The van der Waals surface area contributed by atoms with Crippen LogP contribution < -0.4 is 4.90 Å². The zero-order valence-electron chi connectivity index (χ0n) is 22.5. The highest BCUT2D eigenvalue weighted by Crippen LogP contribution is 2.49. The van der Waals surface area contributed by atoms with Gasteiger partial charge in [0.15, 0.2) is 12.3 Å². The van der Waals surface area contributed by atoms with E-state index in [-0.39, 0.29) is 16.6 Å². The van der Waals surface area contributed by atoms with E-state index < -0.39 is 0 Å². The number of nitrogens with zero attached hydrogens (tertiary/aromatic N) is 2. The fraction of sp³-hybridized carbons (Fsp3) is 0.273. The highest BCUT2D eigenvalue weighted by molar-refractivity contribution is 6.24. The topological polar surface area (TPSA) is 32.5 Å². The standard InChI is InChI=1S/C33H35N2O2/c1-8-18-34-26-16-12-10-14-24(26)32(3,4)28(34)20-22-30(36)23(31(22)37-7)21-29-33(5,6)25-15-11-13-17-27(25)35(29)19-9-2/h8-17,20-21H,1-2,18-19H2,3-7H3/q+1. The molecule has 2 aliphatic heterocycles. The van der Waals surface area contributed by atoms with E-state index in [0.29, 0.717) is 30.0 Å². The van der Waals surface area contributed by atoms with E-state index in [1.165, 1.54) is 11.1 Å². The Morgan fingerprint density at radius 1 is 0.919 bits per heavy atom. The van der Waals surface area contributed by atoms with Crippen LogP contribution in [0, 0.1) is 0 Å². The summed E-state index contributed by atoms with van der Waals surface area (Å²) < 4.78 is 8.08. The summed E-state index contributed by atoms with van der Waals surface area (Å²) in [5.41, 5.74) is 7.65. The van der Waals surface area contributed by atoms with Crippen molar-refractivity contribution in [3.05, 3.63) is 120 Å². The van der Waals surface area contributed by atoms with Gasteiger partial charge in [0.05, 0.1) is 23.7 Å². The lowest BCUT2D eigenvalue weighted by atomic mass is 9.77. The number of methoxy groups -OCH3 is 1. The first-order valence-electron chi connectivity index (χ1n) is 12.8. The Labute approximate surface area is 220 Å². The maximum absolute atomic E-state index is 13.7. The average molecular weight is 492 g/mol. The molecule has 0 bridgehead atoms. The number of fused-ring (bicyclic) bond motifs is 2. The zero-order chi connectivity index (χ0) is 26.5. The number of rotatable bonds is 7. The second-order valence-electron chi connectivity index (χ2n) is 10.8. The third-order valence-electron chi connectivity index (χ3n) is 7.97. The Morgan fingerprint density at radius 2 is 1.59 bits per heavy atom. The Hall–Kier alpha value is -3.92. The first-order valence-corrected chi connectivity index (χ1v) is 12.8. The van der Waals surface area contributed by atoms with Gasteiger partial charge in [-0.2, -0.15) is 4.58 Å². The molecule has 0 saturated heterocycles. The molecule has 2 aromatic carbocycles. The molecule has 2 aromatic rings. The van der Waals surface area contributed by atoms with Crippen LogP contribution in [0.5, 0.6) is 0 Å². The first-order chi connectivity index (χ1) is 17.7. The minimum atomic E-state index is -0.254. The van der Waals surface area contributed by atoms with E-state index in [9.17, 15) is 4.79 Å². The largest absolute Gasteiger partial charge is 0.495 e. The molecule has 0 radical (unpaired) electrons. The van der Waals surface area contributed by atoms with Crippen LogP contribution in [0.2, 0.25) is 0 Å². The van der Waals surface area contributed by atoms with Gasteiger partial charge in [0.1, 0.15) is 5.76 Å². The van der Waals surface area contributed by atoms with Crippen LogP contribution in [0.4, 0.5) is 11.4 Å². The van der Waals surface area contributed by atoms with E-state index in [0.717, 1.165) is 22.8 Å². The van der Waals surface area contributed by atoms with Crippen LogP contribution in [0.3, 0.4) is 0 Å². The Morgan fingerprint density at radius 3 is 2.27 bits per heavy atom. The Balaban J connectivity index is 1.62. The number of benzene rings is 2. The lowest BCUT2D eigenvalue weighted by Gasteiger charge is -2.29. The smallest absolute Gasteiger partial charge is 0.210 e. The second-order valence-corrected chi connectivity index (χ2v) is 10.8. The van der Waals surface area contributed by atoms with E-state index in [4.69, 9.17) is 4.74 Å².